The maximum Gasteiger partial charge on any atom is 0.303 e. The lowest BCUT2D eigenvalue weighted by molar-refractivity contribution is -0.137. The molecule has 116 valence electrons. The minimum atomic E-state index is -0.879. The van der Waals surface area contributed by atoms with Crippen molar-refractivity contribution in [2.24, 2.45) is 5.92 Å². The van der Waals surface area contributed by atoms with Gasteiger partial charge in [-0.2, -0.15) is 0 Å². The standard InChI is InChI=1S/C15H18N4O3/c1-11(7-14(20)21)8-16-15(22)13-10-19(18-17-13)9-12-5-3-2-4-6-12/h2-6,10-11H,7-9H2,1H3,(H,16,22)(H,20,21). The van der Waals surface area contributed by atoms with E-state index in [1.165, 1.54) is 0 Å². The lowest BCUT2D eigenvalue weighted by atomic mass is 10.1. The molecule has 2 N–H and O–H groups in total. The number of carbonyl (C=O) groups excluding carboxylic acids is 1. The van der Waals surface area contributed by atoms with Gasteiger partial charge >= 0.3 is 5.97 Å². The first kappa shape index (κ1) is 15.7. The molecule has 1 aromatic carbocycles. The Morgan fingerprint density at radius 3 is 2.73 bits per heavy atom. The van der Waals surface area contributed by atoms with Crippen LogP contribution in [0.15, 0.2) is 36.5 Å². The molecule has 0 aliphatic heterocycles. The first-order valence-corrected chi connectivity index (χ1v) is 6.98. The lowest BCUT2D eigenvalue weighted by Gasteiger charge is -2.08. The fraction of sp³-hybridized carbons (Fsp3) is 0.333. The van der Waals surface area contributed by atoms with Gasteiger partial charge in [-0.1, -0.05) is 42.5 Å². The largest absolute Gasteiger partial charge is 0.481 e. The van der Waals surface area contributed by atoms with Crippen LogP contribution in [-0.4, -0.2) is 38.5 Å². The van der Waals surface area contributed by atoms with Gasteiger partial charge in [-0.15, -0.1) is 5.10 Å². The maximum absolute atomic E-state index is 11.9. The van der Waals surface area contributed by atoms with Crippen LogP contribution in [0.1, 0.15) is 29.4 Å². The number of carboxylic acids is 1. The van der Waals surface area contributed by atoms with Crippen molar-refractivity contribution in [3.8, 4) is 0 Å². The number of nitrogens with zero attached hydrogens (tertiary/aromatic N) is 3. The van der Waals surface area contributed by atoms with Crippen LogP contribution < -0.4 is 5.32 Å². The molecule has 0 fully saturated rings. The number of carbonyl (C=O) groups is 2. The highest BCUT2D eigenvalue weighted by atomic mass is 16.4. The number of carboxylic acid groups (broad SMARTS) is 1. The molecule has 1 atom stereocenters. The second-order valence-corrected chi connectivity index (χ2v) is 5.20. The Morgan fingerprint density at radius 1 is 1.32 bits per heavy atom. The molecule has 1 unspecified atom stereocenters. The minimum Gasteiger partial charge on any atom is -0.481 e. The number of rotatable bonds is 7. The average molecular weight is 302 g/mol. The Balaban J connectivity index is 1.88. The molecule has 1 heterocycles. The monoisotopic (exact) mass is 302 g/mol. The molecule has 0 bridgehead atoms. The van der Waals surface area contributed by atoms with Crippen molar-refractivity contribution in [1.82, 2.24) is 20.3 Å². The molecule has 0 saturated heterocycles. The molecule has 0 aliphatic carbocycles. The van der Waals surface area contributed by atoms with Crippen molar-refractivity contribution in [2.75, 3.05) is 6.54 Å². The number of hydrogen-bond donors (Lipinski definition) is 2. The summed E-state index contributed by atoms with van der Waals surface area (Å²) in [5, 5.41) is 19.1. The van der Waals surface area contributed by atoms with Gasteiger partial charge in [0.25, 0.3) is 5.91 Å². The van der Waals surface area contributed by atoms with Gasteiger partial charge in [0, 0.05) is 13.0 Å². The predicted octanol–water partition coefficient (Wildman–Crippen LogP) is 1.17. The van der Waals surface area contributed by atoms with E-state index in [9.17, 15) is 9.59 Å². The maximum atomic E-state index is 11.9. The molecule has 7 heteroatoms. The molecule has 0 saturated carbocycles. The number of benzene rings is 1. The van der Waals surface area contributed by atoms with E-state index in [4.69, 9.17) is 5.11 Å². The fourth-order valence-corrected chi connectivity index (χ4v) is 1.98. The van der Waals surface area contributed by atoms with Gasteiger partial charge < -0.3 is 10.4 Å². The van der Waals surface area contributed by atoms with Crippen LogP contribution in [0.2, 0.25) is 0 Å². The Kier molecular flexibility index (Phi) is 5.24. The molecular formula is C15H18N4O3. The number of hydrogen-bond acceptors (Lipinski definition) is 4. The highest BCUT2D eigenvalue weighted by molar-refractivity contribution is 5.91. The molecule has 0 radical (unpaired) electrons. The van der Waals surface area contributed by atoms with E-state index in [0.717, 1.165) is 5.56 Å². The molecule has 0 spiro atoms. The topological polar surface area (TPSA) is 97.1 Å². The van der Waals surface area contributed by atoms with Gasteiger partial charge in [0.15, 0.2) is 5.69 Å². The Bertz CT molecular complexity index is 639. The number of aliphatic carboxylic acids is 1. The van der Waals surface area contributed by atoms with E-state index in [1.807, 2.05) is 30.3 Å². The van der Waals surface area contributed by atoms with Crippen molar-refractivity contribution in [1.29, 1.82) is 0 Å². The van der Waals surface area contributed by atoms with Crippen LogP contribution in [0.25, 0.3) is 0 Å². The van der Waals surface area contributed by atoms with E-state index in [1.54, 1.807) is 17.8 Å². The zero-order chi connectivity index (χ0) is 15.9. The summed E-state index contributed by atoms with van der Waals surface area (Å²) < 4.78 is 1.59. The van der Waals surface area contributed by atoms with E-state index in [0.29, 0.717) is 6.54 Å². The lowest BCUT2D eigenvalue weighted by Crippen LogP contribution is -2.29. The summed E-state index contributed by atoms with van der Waals surface area (Å²) in [4.78, 5) is 22.5. The van der Waals surface area contributed by atoms with Crippen LogP contribution in [0.5, 0.6) is 0 Å². The van der Waals surface area contributed by atoms with Gasteiger partial charge in [0.1, 0.15) is 0 Å². The highest BCUT2D eigenvalue weighted by Gasteiger charge is 2.13. The van der Waals surface area contributed by atoms with Crippen LogP contribution in [0.3, 0.4) is 0 Å². The Labute approximate surface area is 128 Å². The Hall–Kier alpha value is -2.70. The van der Waals surface area contributed by atoms with E-state index >= 15 is 0 Å². The van der Waals surface area contributed by atoms with Gasteiger partial charge in [0.2, 0.25) is 0 Å². The molecule has 7 nitrogen and oxygen atoms in total. The average Bonchev–Trinajstić information content (AvgIpc) is 2.94. The van der Waals surface area contributed by atoms with E-state index < -0.39 is 5.97 Å². The number of nitrogens with one attached hydrogen (secondary N) is 1. The van der Waals surface area contributed by atoms with Gasteiger partial charge in [0.05, 0.1) is 12.7 Å². The normalized spacial score (nSPS) is 11.9. The summed E-state index contributed by atoms with van der Waals surface area (Å²) in [6.07, 6.45) is 1.59. The second-order valence-electron chi connectivity index (χ2n) is 5.20. The van der Waals surface area contributed by atoms with E-state index in [-0.39, 0.29) is 30.5 Å². The van der Waals surface area contributed by atoms with Crippen molar-refractivity contribution in [2.45, 2.75) is 19.9 Å². The third-order valence-corrected chi connectivity index (χ3v) is 3.09. The summed E-state index contributed by atoms with van der Waals surface area (Å²) in [5.41, 5.74) is 1.29. The third kappa shape index (κ3) is 4.69. The molecule has 22 heavy (non-hydrogen) atoms. The summed E-state index contributed by atoms with van der Waals surface area (Å²) in [6, 6.07) is 9.74. The Morgan fingerprint density at radius 2 is 2.05 bits per heavy atom. The number of amides is 1. The minimum absolute atomic E-state index is 0.0149. The van der Waals surface area contributed by atoms with Crippen LogP contribution >= 0.6 is 0 Å². The summed E-state index contributed by atoms with van der Waals surface area (Å²) in [6.45, 7) is 2.59. The first-order valence-electron chi connectivity index (χ1n) is 6.98. The van der Waals surface area contributed by atoms with Crippen molar-refractivity contribution in [3.05, 3.63) is 47.8 Å². The quantitative estimate of drug-likeness (QED) is 0.800. The van der Waals surface area contributed by atoms with Gasteiger partial charge in [-0.3, -0.25) is 9.59 Å². The summed E-state index contributed by atoms with van der Waals surface area (Å²) >= 11 is 0. The molecular weight excluding hydrogens is 284 g/mol. The molecule has 1 aromatic heterocycles. The third-order valence-electron chi connectivity index (χ3n) is 3.09. The van der Waals surface area contributed by atoms with Crippen molar-refractivity contribution in [3.63, 3.8) is 0 Å². The molecule has 2 aromatic rings. The van der Waals surface area contributed by atoms with Crippen LogP contribution in [0.4, 0.5) is 0 Å². The van der Waals surface area contributed by atoms with Crippen molar-refractivity contribution >= 4 is 11.9 Å². The van der Waals surface area contributed by atoms with Crippen molar-refractivity contribution < 1.29 is 14.7 Å². The smallest absolute Gasteiger partial charge is 0.303 e. The van der Waals surface area contributed by atoms with E-state index in [2.05, 4.69) is 15.6 Å². The van der Waals surface area contributed by atoms with Gasteiger partial charge in [-0.05, 0) is 11.5 Å². The zero-order valence-electron chi connectivity index (χ0n) is 12.3. The summed E-state index contributed by atoms with van der Waals surface area (Å²) in [7, 11) is 0. The highest BCUT2D eigenvalue weighted by Crippen LogP contribution is 2.03. The number of aromatic nitrogens is 3. The van der Waals surface area contributed by atoms with Crippen LogP contribution in [0, 0.1) is 5.92 Å². The first-order chi connectivity index (χ1) is 10.5. The molecule has 0 aliphatic rings. The molecule has 2 rings (SSSR count). The summed E-state index contributed by atoms with van der Waals surface area (Å²) in [5.74, 6) is -1.37. The zero-order valence-corrected chi connectivity index (χ0v) is 12.3. The van der Waals surface area contributed by atoms with Crippen LogP contribution in [-0.2, 0) is 11.3 Å². The molecule has 1 amide bonds. The predicted molar refractivity (Wildman–Crippen MR) is 79.3 cm³/mol. The SMILES string of the molecule is CC(CNC(=O)c1cn(Cc2ccccc2)nn1)CC(=O)O. The fourth-order valence-electron chi connectivity index (χ4n) is 1.98. The van der Waals surface area contributed by atoms with Gasteiger partial charge in [-0.25, -0.2) is 4.68 Å². The second kappa shape index (κ2) is 7.35.